The van der Waals surface area contributed by atoms with Crippen molar-refractivity contribution < 1.29 is 4.39 Å². The minimum absolute atomic E-state index is 0. The van der Waals surface area contributed by atoms with Crippen LogP contribution in [-0.2, 0) is 5.41 Å². The molecule has 2 N–H and O–H groups in total. The highest BCUT2D eigenvalue weighted by Gasteiger charge is 2.38. The minimum atomic E-state index is -0.170. The Morgan fingerprint density at radius 3 is 2.38 bits per heavy atom. The number of nitrogens with zero attached hydrogens (tertiary/aromatic N) is 1. The van der Waals surface area contributed by atoms with Crippen LogP contribution in [0.1, 0.15) is 38.2 Å². The van der Waals surface area contributed by atoms with Crippen molar-refractivity contribution in [3.8, 4) is 0 Å². The molecule has 0 aliphatic heterocycles. The third-order valence-corrected chi connectivity index (χ3v) is 4.13. The fourth-order valence-electron chi connectivity index (χ4n) is 2.69. The number of hydrogen-bond acceptors (Lipinski definition) is 1. The van der Waals surface area contributed by atoms with Crippen LogP contribution in [0.25, 0.3) is 0 Å². The molecule has 3 nitrogen and oxygen atoms in total. The van der Waals surface area contributed by atoms with E-state index in [-0.39, 0.29) is 35.2 Å². The van der Waals surface area contributed by atoms with E-state index in [1.807, 2.05) is 12.1 Å². The Morgan fingerprint density at radius 1 is 1.24 bits per heavy atom. The SMILES string of the molecule is CCCNC(=NC)NCC1(c2ccc(F)cc2)CCC1.I. The average molecular weight is 405 g/mol. The normalized spacial score (nSPS) is 16.6. The molecule has 1 aromatic carbocycles. The lowest BCUT2D eigenvalue weighted by Crippen LogP contribution is -2.49. The summed E-state index contributed by atoms with van der Waals surface area (Å²) in [6.07, 6.45) is 4.61. The van der Waals surface area contributed by atoms with Crippen molar-refractivity contribution in [2.75, 3.05) is 20.1 Å². The molecular formula is C16H25FIN3. The van der Waals surface area contributed by atoms with Crippen molar-refractivity contribution >= 4 is 29.9 Å². The van der Waals surface area contributed by atoms with Gasteiger partial charge in [0.15, 0.2) is 5.96 Å². The van der Waals surface area contributed by atoms with Crippen molar-refractivity contribution in [1.29, 1.82) is 0 Å². The van der Waals surface area contributed by atoms with Crippen molar-refractivity contribution in [2.24, 2.45) is 4.99 Å². The molecule has 0 unspecified atom stereocenters. The summed E-state index contributed by atoms with van der Waals surface area (Å²) in [4.78, 5) is 4.23. The van der Waals surface area contributed by atoms with Crippen LogP contribution in [0, 0.1) is 5.82 Å². The fraction of sp³-hybridized carbons (Fsp3) is 0.562. The second-order valence-corrected chi connectivity index (χ2v) is 5.49. The molecule has 118 valence electrons. The molecule has 0 amide bonds. The van der Waals surface area contributed by atoms with Crippen LogP contribution in [0.5, 0.6) is 0 Å². The van der Waals surface area contributed by atoms with Gasteiger partial charge in [-0.2, -0.15) is 0 Å². The Morgan fingerprint density at radius 2 is 1.90 bits per heavy atom. The predicted octanol–water partition coefficient (Wildman–Crippen LogP) is 3.44. The maximum atomic E-state index is 13.1. The van der Waals surface area contributed by atoms with Gasteiger partial charge in [-0.05, 0) is 37.0 Å². The van der Waals surface area contributed by atoms with Crippen LogP contribution in [-0.4, -0.2) is 26.1 Å². The third-order valence-electron chi connectivity index (χ3n) is 4.13. The van der Waals surface area contributed by atoms with Crippen LogP contribution in [0.15, 0.2) is 29.3 Å². The Hall–Kier alpha value is -0.850. The van der Waals surface area contributed by atoms with E-state index in [9.17, 15) is 4.39 Å². The summed E-state index contributed by atoms with van der Waals surface area (Å²) in [6, 6.07) is 6.94. The molecule has 1 fully saturated rings. The first-order valence-electron chi connectivity index (χ1n) is 7.41. The topological polar surface area (TPSA) is 36.4 Å². The molecule has 1 saturated carbocycles. The lowest BCUT2D eigenvalue weighted by Gasteiger charge is -2.43. The molecule has 0 saturated heterocycles. The number of hydrogen-bond donors (Lipinski definition) is 2. The average Bonchev–Trinajstić information content (AvgIpc) is 2.42. The lowest BCUT2D eigenvalue weighted by atomic mass is 9.64. The van der Waals surface area contributed by atoms with Crippen LogP contribution in [0.2, 0.25) is 0 Å². The number of guanidine groups is 1. The van der Waals surface area contributed by atoms with E-state index in [1.165, 1.54) is 12.0 Å². The van der Waals surface area contributed by atoms with Crippen LogP contribution in [0.3, 0.4) is 0 Å². The summed E-state index contributed by atoms with van der Waals surface area (Å²) >= 11 is 0. The van der Waals surface area contributed by atoms with Gasteiger partial charge in [-0.25, -0.2) is 4.39 Å². The second-order valence-electron chi connectivity index (χ2n) is 5.49. The molecule has 1 aromatic rings. The van der Waals surface area contributed by atoms with E-state index in [2.05, 4.69) is 22.5 Å². The number of rotatable bonds is 5. The number of benzene rings is 1. The largest absolute Gasteiger partial charge is 0.356 e. The summed E-state index contributed by atoms with van der Waals surface area (Å²) in [5.74, 6) is 0.678. The standard InChI is InChI=1S/C16H24FN3.HI/c1-3-11-19-15(18-2)20-12-16(9-4-10-16)13-5-7-14(17)8-6-13;/h5-8H,3-4,9-12H2,1-2H3,(H2,18,19,20);1H. The monoisotopic (exact) mass is 405 g/mol. The molecule has 0 bridgehead atoms. The van der Waals surface area contributed by atoms with E-state index >= 15 is 0 Å². The van der Waals surface area contributed by atoms with Gasteiger partial charge in [0.1, 0.15) is 5.82 Å². The Labute approximate surface area is 143 Å². The molecule has 1 aliphatic carbocycles. The summed E-state index contributed by atoms with van der Waals surface area (Å²) < 4.78 is 13.1. The number of aliphatic imine (C=N–C) groups is 1. The maximum Gasteiger partial charge on any atom is 0.191 e. The highest BCUT2D eigenvalue weighted by atomic mass is 127. The second kappa shape index (κ2) is 8.56. The molecule has 1 aliphatic rings. The zero-order chi connectivity index (χ0) is 14.4. The van der Waals surface area contributed by atoms with Gasteiger partial charge in [0, 0.05) is 25.6 Å². The molecule has 5 heteroatoms. The quantitative estimate of drug-likeness (QED) is 0.448. The van der Waals surface area contributed by atoms with E-state index in [0.717, 1.165) is 38.3 Å². The Balaban J connectivity index is 0.00000220. The predicted molar refractivity (Wildman–Crippen MR) is 97.0 cm³/mol. The third kappa shape index (κ3) is 4.56. The first-order chi connectivity index (χ1) is 9.70. The van der Waals surface area contributed by atoms with Gasteiger partial charge >= 0.3 is 0 Å². The first-order valence-corrected chi connectivity index (χ1v) is 7.41. The van der Waals surface area contributed by atoms with Gasteiger partial charge < -0.3 is 10.6 Å². The van der Waals surface area contributed by atoms with E-state index < -0.39 is 0 Å². The molecule has 0 spiro atoms. The fourth-order valence-corrected chi connectivity index (χ4v) is 2.69. The zero-order valence-corrected chi connectivity index (χ0v) is 15.1. The summed E-state index contributed by atoms with van der Waals surface area (Å²) in [6.45, 7) is 3.90. The summed E-state index contributed by atoms with van der Waals surface area (Å²) in [5.41, 5.74) is 1.36. The Bertz CT molecular complexity index is 455. The molecular weight excluding hydrogens is 380 g/mol. The molecule has 2 rings (SSSR count). The van der Waals surface area contributed by atoms with E-state index in [4.69, 9.17) is 0 Å². The first kappa shape index (κ1) is 18.2. The zero-order valence-electron chi connectivity index (χ0n) is 12.8. The summed E-state index contributed by atoms with van der Waals surface area (Å²) in [5, 5.41) is 6.68. The molecule has 0 aromatic heterocycles. The maximum absolute atomic E-state index is 13.1. The van der Waals surface area contributed by atoms with Gasteiger partial charge in [-0.15, -0.1) is 24.0 Å². The van der Waals surface area contributed by atoms with E-state index in [1.54, 1.807) is 19.2 Å². The highest BCUT2D eigenvalue weighted by Crippen LogP contribution is 2.43. The van der Waals surface area contributed by atoms with Crippen LogP contribution < -0.4 is 10.6 Å². The van der Waals surface area contributed by atoms with Crippen LogP contribution >= 0.6 is 24.0 Å². The highest BCUT2D eigenvalue weighted by molar-refractivity contribution is 14.0. The molecule has 0 atom stereocenters. The molecule has 21 heavy (non-hydrogen) atoms. The number of halogens is 2. The van der Waals surface area contributed by atoms with Crippen molar-refractivity contribution in [3.63, 3.8) is 0 Å². The van der Waals surface area contributed by atoms with Crippen LogP contribution in [0.4, 0.5) is 4.39 Å². The summed E-state index contributed by atoms with van der Waals surface area (Å²) in [7, 11) is 1.79. The van der Waals surface area contributed by atoms with Crippen molar-refractivity contribution in [3.05, 3.63) is 35.6 Å². The Kier molecular flexibility index (Phi) is 7.42. The lowest BCUT2D eigenvalue weighted by molar-refractivity contribution is 0.243. The minimum Gasteiger partial charge on any atom is -0.356 e. The molecule has 0 heterocycles. The van der Waals surface area contributed by atoms with Gasteiger partial charge in [-0.1, -0.05) is 25.5 Å². The number of nitrogens with one attached hydrogen (secondary N) is 2. The van der Waals surface area contributed by atoms with E-state index in [0.29, 0.717) is 0 Å². The van der Waals surface area contributed by atoms with Gasteiger partial charge in [0.05, 0.1) is 0 Å². The smallest absolute Gasteiger partial charge is 0.191 e. The van der Waals surface area contributed by atoms with Crippen molar-refractivity contribution in [2.45, 2.75) is 38.0 Å². The van der Waals surface area contributed by atoms with Gasteiger partial charge in [0.25, 0.3) is 0 Å². The van der Waals surface area contributed by atoms with Gasteiger partial charge in [0.2, 0.25) is 0 Å². The van der Waals surface area contributed by atoms with Crippen molar-refractivity contribution in [1.82, 2.24) is 10.6 Å². The van der Waals surface area contributed by atoms with Gasteiger partial charge in [-0.3, -0.25) is 4.99 Å². The molecule has 0 radical (unpaired) electrons.